The molecule has 0 bridgehead atoms. The van der Waals surface area contributed by atoms with E-state index in [0.29, 0.717) is 0 Å². The zero-order valence-corrected chi connectivity index (χ0v) is 20.8. The molecule has 0 fully saturated rings. The first kappa shape index (κ1) is 19.8. The number of hydrogen-bond acceptors (Lipinski definition) is 0. The number of hydrogen-bond donors (Lipinski definition) is 0. The molecule has 0 nitrogen and oxygen atoms in total. The standard InChI is InChI=1S/C28H32Si2/c1-5-29(6-2)25-17-21-13-9-11-15-23(21)19-27(25)30(7-3,8-4)28-20-24-16-12-10-14-22(24)18-26(28)29/h9-20H,5-8H2,1-4H3. The minimum atomic E-state index is -1.79. The largest absolute Gasteiger partial charge is 0.117 e. The molecule has 0 spiro atoms. The van der Waals surface area contributed by atoms with Crippen LogP contribution in [0.2, 0.25) is 24.2 Å². The summed E-state index contributed by atoms with van der Waals surface area (Å²) >= 11 is 0. The maximum Gasteiger partial charge on any atom is 0.117 e. The van der Waals surface area contributed by atoms with E-state index in [1.165, 1.54) is 45.7 Å². The van der Waals surface area contributed by atoms with Crippen LogP contribution < -0.4 is 20.7 Å². The van der Waals surface area contributed by atoms with E-state index in [1.807, 2.05) is 0 Å². The first-order valence-corrected chi connectivity index (χ1v) is 16.5. The van der Waals surface area contributed by atoms with Crippen LogP contribution in [-0.4, -0.2) is 16.1 Å². The summed E-state index contributed by atoms with van der Waals surface area (Å²) in [6, 6.07) is 33.7. The summed E-state index contributed by atoms with van der Waals surface area (Å²) in [6.07, 6.45) is 0. The van der Waals surface area contributed by atoms with Gasteiger partial charge in [-0.05, 0) is 21.5 Å². The lowest BCUT2D eigenvalue weighted by Crippen LogP contribution is -2.80. The van der Waals surface area contributed by atoms with Gasteiger partial charge in [0.25, 0.3) is 0 Å². The summed E-state index contributed by atoms with van der Waals surface area (Å²) in [6.45, 7) is 9.83. The van der Waals surface area contributed by atoms with Crippen LogP contribution in [0.25, 0.3) is 21.5 Å². The van der Waals surface area contributed by atoms with E-state index < -0.39 is 16.1 Å². The van der Waals surface area contributed by atoms with Gasteiger partial charge in [0.1, 0.15) is 16.1 Å². The van der Waals surface area contributed by atoms with Gasteiger partial charge in [-0.3, -0.25) is 0 Å². The molecule has 0 saturated carbocycles. The van der Waals surface area contributed by atoms with Crippen LogP contribution in [0.5, 0.6) is 0 Å². The molecule has 1 heterocycles. The summed E-state index contributed by atoms with van der Waals surface area (Å²) in [4.78, 5) is 0. The second-order valence-electron chi connectivity index (χ2n) is 9.07. The third-order valence-electron chi connectivity index (χ3n) is 8.25. The average Bonchev–Trinajstić information content (AvgIpc) is 2.81. The van der Waals surface area contributed by atoms with Crippen molar-refractivity contribution in [2.45, 2.75) is 51.9 Å². The van der Waals surface area contributed by atoms with Crippen LogP contribution in [0.4, 0.5) is 0 Å². The first-order valence-electron chi connectivity index (χ1n) is 11.7. The van der Waals surface area contributed by atoms with E-state index in [-0.39, 0.29) is 0 Å². The molecule has 0 radical (unpaired) electrons. The van der Waals surface area contributed by atoms with Gasteiger partial charge in [-0.25, -0.2) is 0 Å². The van der Waals surface area contributed by atoms with E-state index in [9.17, 15) is 0 Å². The minimum absolute atomic E-state index is 1.29. The Morgan fingerprint density at radius 3 is 0.867 bits per heavy atom. The second-order valence-corrected chi connectivity index (χ2v) is 18.4. The monoisotopic (exact) mass is 424 g/mol. The Morgan fingerprint density at radius 1 is 0.433 bits per heavy atom. The van der Waals surface area contributed by atoms with Gasteiger partial charge >= 0.3 is 0 Å². The van der Waals surface area contributed by atoms with Crippen molar-refractivity contribution in [2.24, 2.45) is 0 Å². The summed E-state index contributed by atoms with van der Waals surface area (Å²) in [5.41, 5.74) is 0. The smallest absolute Gasteiger partial charge is 0.0672 e. The molecule has 0 unspecified atom stereocenters. The van der Waals surface area contributed by atoms with Crippen LogP contribution in [-0.2, 0) is 0 Å². The first-order chi connectivity index (χ1) is 14.6. The highest BCUT2D eigenvalue weighted by Gasteiger charge is 2.50. The van der Waals surface area contributed by atoms with Crippen LogP contribution in [0.15, 0.2) is 72.8 Å². The van der Waals surface area contributed by atoms with Crippen LogP contribution in [0.3, 0.4) is 0 Å². The lowest BCUT2D eigenvalue weighted by molar-refractivity contribution is 1.27. The summed E-state index contributed by atoms with van der Waals surface area (Å²) in [5.74, 6) is 0. The number of benzene rings is 4. The zero-order chi connectivity index (χ0) is 20.9. The van der Waals surface area contributed by atoms with Crippen LogP contribution in [0, 0.1) is 0 Å². The second kappa shape index (κ2) is 7.21. The van der Waals surface area contributed by atoms with Gasteiger partial charge < -0.3 is 0 Å². The lowest BCUT2D eigenvalue weighted by Gasteiger charge is -2.47. The molecule has 0 saturated heterocycles. The summed E-state index contributed by atoms with van der Waals surface area (Å²) in [7, 11) is -3.59. The van der Waals surface area contributed by atoms with E-state index in [1.54, 1.807) is 20.7 Å². The van der Waals surface area contributed by atoms with Crippen molar-refractivity contribution in [1.82, 2.24) is 0 Å². The summed E-state index contributed by atoms with van der Waals surface area (Å²) < 4.78 is 0. The maximum absolute atomic E-state index is 2.62. The van der Waals surface area contributed by atoms with Crippen LogP contribution in [0.1, 0.15) is 27.7 Å². The van der Waals surface area contributed by atoms with E-state index in [0.717, 1.165) is 0 Å². The highest BCUT2D eigenvalue weighted by molar-refractivity contribution is 7.18. The van der Waals surface area contributed by atoms with Gasteiger partial charge in [-0.1, -0.05) is 145 Å². The SMILES string of the molecule is CC[Si]1(CC)c2cc3ccccc3cc2[Si](CC)(CC)c2cc3ccccc3cc21. The summed E-state index contributed by atoms with van der Waals surface area (Å²) in [5, 5.41) is 12.8. The fourth-order valence-corrected chi connectivity index (χ4v) is 18.0. The molecule has 1 aliphatic rings. The Balaban J connectivity index is 1.98. The third kappa shape index (κ3) is 2.50. The lowest BCUT2D eigenvalue weighted by atomic mass is 10.1. The van der Waals surface area contributed by atoms with E-state index in [2.05, 4.69) is 100 Å². The number of fused-ring (bicyclic) bond motifs is 4. The molecule has 5 rings (SSSR count). The quantitative estimate of drug-likeness (QED) is 0.379. The van der Waals surface area contributed by atoms with Crippen molar-refractivity contribution >= 4 is 58.4 Å². The maximum atomic E-state index is 2.62. The Labute approximate surface area is 183 Å². The molecule has 0 aromatic heterocycles. The molecule has 30 heavy (non-hydrogen) atoms. The normalized spacial score (nSPS) is 16.4. The fraction of sp³-hybridized carbons (Fsp3) is 0.286. The zero-order valence-electron chi connectivity index (χ0n) is 18.8. The van der Waals surface area contributed by atoms with Gasteiger partial charge in [0, 0.05) is 0 Å². The molecule has 4 aromatic carbocycles. The molecule has 0 amide bonds. The van der Waals surface area contributed by atoms with Crippen molar-refractivity contribution < 1.29 is 0 Å². The molecular formula is C28H32Si2. The Bertz CT molecular complexity index is 1060. The van der Waals surface area contributed by atoms with Gasteiger partial charge in [0.05, 0.1) is 0 Å². The topological polar surface area (TPSA) is 0 Å². The molecule has 1 aliphatic heterocycles. The van der Waals surface area contributed by atoms with Gasteiger partial charge in [-0.2, -0.15) is 0 Å². The predicted octanol–water partition coefficient (Wildman–Crippen LogP) is 5.51. The van der Waals surface area contributed by atoms with Gasteiger partial charge in [0.15, 0.2) is 0 Å². The van der Waals surface area contributed by atoms with Crippen molar-refractivity contribution in [3.63, 3.8) is 0 Å². The highest BCUT2D eigenvalue weighted by Crippen LogP contribution is 2.29. The Kier molecular flexibility index (Phi) is 4.75. The predicted molar refractivity (Wildman–Crippen MR) is 140 cm³/mol. The minimum Gasteiger partial charge on any atom is -0.0672 e. The van der Waals surface area contributed by atoms with Crippen molar-refractivity contribution in [3.8, 4) is 0 Å². The van der Waals surface area contributed by atoms with Crippen molar-refractivity contribution in [2.75, 3.05) is 0 Å². The molecular weight excluding hydrogens is 392 g/mol. The Hall–Kier alpha value is -2.17. The van der Waals surface area contributed by atoms with E-state index >= 15 is 0 Å². The third-order valence-corrected chi connectivity index (χ3v) is 19.4. The van der Waals surface area contributed by atoms with Crippen LogP contribution >= 0.6 is 0 Å². The average molecular weight is 425 g/mol. The highest BCUT2D eigenvalue weighted by atomic mass is 28.3. The number of rotatable bonds is 4. The van der Waals surface area contributed by atoms with E-state index in [4.69, 9.17) is 0 Å². The molecule has 0 atom stereocenters. The van der Waals surface area contributed by atoms with Gasteiger partial charge in [0.2, 0.25) is 0 Å². The van der Waals surface area contributed by atoms with Crippen molar-refractivity contribution in [1.29, 1.82) is 0 Å². The molecule has 0 N–H and O–H groups in total. The Morgan fingerprint density at radius 2 is 0.667 bits per heavy atom. The molecule has 2 heteroatoms. The van der Waals surface area contributed by atoms with Gasteiger partial charge in [-0.15, -0.1) is 0 Å². The van der Waals surface area contributed by atoms with Crippen molar-refractivity contribution in [3.05, 3.63) is 72.8 Å². The fourth-order valence-electron chi connectivity index (χ4n) is 6.38. The molecule has 152 valence electrons. The molecule has 4 aromatic rings. The molecule has 0 aliphatic carbocycles.